The number of benzene rings is 1. The molecular formula is C16H20N2. The molecule has 2 heteroatoms. The van der Waals surface area contributed by atoms with E-state index in [1.807, 2.05) is 25.5 Å². The van der Waals surface area contributed by atoms with Crippen molar-refractivity contribution in [2.24, 2.45) is 0 Å². The minimum absolute atomic E-state index is 0.341. The highest BCUT2D eigenvalue weighted by atomic mass is 14.9. The van der Waals surface area contributed by atoms with E-state index in [0.717, 1.165) is 6.42 Å². The van der Waals surface area contributed by atoms with E-state index >= 15 is 0 Å². The van der Waals surface area contributed by atoms with Gasteiger partial charge in [-0.25, -0.2) is 0 Å². The first kappa shape index (κ1) is 12.8. The second-order valence-electron chi connectivity index (χ2n) is 4.83. The van der Waals surface area contributed by atoms with Gasteiger partial charge in [0, 0.05) is 18.4 Å². The summed E-state index contributed by atoms with van der Waals surface area (Å²) in [6.45, 7) is 4.29. The number of nitrogens with zero attached hydrogens (tertiary/aromatic N) is 1. The average Bonchev–Trinajstić information content (AvgIpc) is 2.36. The molecule has 2 nitrogen and oxygen atoms in total. The maximum Gasteiger partial charge on any atom is 0.0359 e. The van der Waals surface area contributed by atoms with E-state index in [-0.39, 0.29) is 0 Å². The number of aryl methyl sites for hydroxylation is 2. The predicted octanol–water partition coefficient (Wildman–Crippen LogP) is 3.20. The lowest BCUT2D eigenvalue weighted by Gasteiger charge is -2.18. The largest absolute Gasteiger partial charge is 0.313 e. The summed E-state index contributed by atoms with van der Waals surface area (Å²) >= 11 is 0. The molecule has 1 atom stereocenters. The van der Waals surface area contributed by atoms with Crippen LogP contribution >= 0.6 is 0 Å². The molecule has 0 fully saturated rings. The Bertz CT molecular complexity index is 486. The molecule has 94 valence electrons. The monoisotopic (exact) mass is 240 g/mol. The van der Waals surface area contributed by atoms with E-state index < -0.39 is 0 Å². The molecule has 0 aliphatic heterocycles. The van der Waals surface area contributed by atoms with Gasteiger partial charge < -0.3 is 5.32 Å². The Morgan fingerprint density at radius 3 is 2.44 bits per heavy atom. The SMILES string of the molecule is CNC(Cc1cccnc1)c1cc(C)cc(C)c1. The summed E-state index contributed by atoms with van der Waals surface area (Å²) in [7, 11) is 2.01. The van der Waals surface area contributed by atoms with E-state index in [1.54, 1.807) is 0 Å². The van der Waals surface area contributed by atoms with Gasteiger partial charge in [-0.3, -0.25) is 4.98 Å². The summed E-state index contributed by atoms with van der Waals surface area (Å²) in [5.74, 6) is 0. The van der Waals surface area contributed by atoms with Crippen LogP contribution < -0.4 is 5.32 Å². The van der Waals surface area contributed by atoms with Crippen molar-refractivity contribution < 1.29 is 0 Å². The van der Waals surface area contributed by atoms with Crippen molar-refractivity contribution in [2.75, 3.05) is 7.05 Å². The molecule has 1 aromatic heterocycles. The minimum atomic E-state index is 0.341. The van der Waals surface area contributed by atoms with E-state index in [2.05, 4.69) is 48.4 Å². The molecule has 0 saturated carbocycles. The van der Waals surface area contributed by atoms with E-state index in [4.69, 9.17) is 0 Å². The zero-order chi connectivity index (χ0) is 13.0. The van der Waals surface area contributed by atoms with E-state index in [9.17, 15) is 0 Å². The molecule has 2 aromatic rings. The molecule has 0 aliphatic rings. The molecule has 0 radical (unpaired) electrons. The highest BCUT2D eigenvalue weighted by molar-refractivity contribution is 5.31. The van der Waals surface area contributed by atoms with Crippen LogP contribution in [-0.4, -0.2) is 12.0 Å². The van der Waals surface area contributed by atoms with Gasteiger partial charge in [0.05, 0.1) is 0 Å². The fourth-order valence-electron chi connectivity index (χ4n) is 2.35. The fourth-order valence-corrected chi connectivity index (χ4v) is 2.35. The van der Waals surface area contributed by atoms with Gasteiger partial charge in [-0.1, -0.05) is 35.4 Å². The zero-order valence-electron chi connectivity index (χ0n) is 11.3. The summed E-state index contributed by atoms with van der Waals surface area (Å²) in [4.78, 5) is 4.17. The third-order valence-electron chi connectivity index (χ3n) is 3.16. The summed E-state index contributed by atoms with van der Waals surface area (Å²) in [5.41, 5.74) is 5.24. The quantitative estimate of drug-likeness (QED) is 0.887. The van der Waals surface area contributed by atoms with Crippen LogP contribution in [0.15, 0.2) is 42.7 Å². The number of nitrogens with one attached hydrogen (secondary N) is 1. The number of pyridine rings is 1. The molecule has 0 saturated heterocycles. The van der Waals surface area contributed by atoms with Gasteiger partial charge in [0.15, 0.2) is 0 Å². The maximum atomic E-state index is 4.17. The summed E-state index contributed by atoms with van der Waals surface area (Å²) < 4.78 is 0. The molecule has 0 bridgehead atoms. The summed E-state index contributed by atoms with van der Waals surface area (Å²) in [6, 6.07) is 11.2. The molecule has 2 rings (SSSR count). The normalized spacial score (nSPS) is 12.4. The first-order valence-electron chi connectivity index (χ1n) is 6.33. The second kappa shape index (κ2) is 5.78. The number of hydrogen-bond donors (Lipinski definition) is 1. The van der Waals surface area contributed by atoms with Gasteiger partial charge in [-0.05, 0) is 44.5 Å². The first-order valence-corrected chi connectivity index (χ1v) is 6.33. The first-order chi connectivity index (χ1) is 8.69. The second-order valence-corrected chi connectivity index (χ2v) is 4.83. The third kappa shape index (κ3) is 3.17. The molecule has 0 aliphatic carbocycles. The van der Waals surface area contributed by atoms with Crippen LogP contribution in [0.4, 0.5) is 0 Å². The zero-order valence-corrected chi connectivity index (χ0v) is 11.3. The van der Waals surface area contributed by atoms with Crippen molar-refractivity contribution in [3.63, 3.8) is 0 Å². The topological polar surface area (TPSA) is 24.9 Å². The Morgan fingerprint density at radius 2 is 1.89 bits per heavy atom. The fraction of sp³-hybridized carbons (Fsp3) is 0.312. The van der Waals surface area contributed by atoms with Crippen LogP contribution in [0.3, 0.4) is 0 Å². The predicted molar refractivity (Wildman–Crippen MR) is 75.7 cm³/mol. The molecule has 1 heterocycles. The number of aromatic nitrogens is 1. The van der Waals surface area contributed by atoms with Crippen LogP contribution in [0.2, 0.25) is 0 Å². The Morgan fingerprint density at radius 1 is 1.17 bits per heavy atom. The van der Waals surface area contributed by atoms with Crippen molar-refractivity contribution in [3.05, 3.63) is 65.0 Å². The molecular weight excluding hydrogens is 220 g/mol. The number of likely N-dealkylation sites (N-methyl/N-ethyl adjacent to an activating group) is 1. The molecule has 1 aromatic carbocycles. The highest BCUT2D eigenvalue weighted by Crippen LogP contribution is 2.20. The lowest BCUT2D eigenvalue weighted by Crippen LogP contribution is -2.19. The van der Waals surface area contributed by atoms with Crippen LogP contribution in [0.25, 0.3) is 0 Å². The molecule has 18 heavy (non-hydrogen) atoms. The van der Waals surface area contributed by atoms with Crippen LogP contribution in [0.5, 0.6) is 0 Å². The van der Waals surface area contributed by atoms with Gasteiger partial charge in [0.1, 0.15) is 0 Å². The van der Waals surface area contributed by atoms with Gasteiger partial charge in [0.2, 0.25) is 0 Å². The highest BCUT2D eigenvalue weighted by Gasteiger charge is 2.10. The summed E-state index contributed by atoms with van der Waals surface area (Å²) in [6.07, 6.45) is 4.72. The van der Waals surface area contributed by atoms with Crippen molar-refractivity contribution in [1.29, 1.82) is 0 Å². The van der Waals surface area contributed by atoms with Gasteiger partial charge in [-0.15, -0.1) is 0 Å². The Hall–Kier alpha value is -1.67. The Balaban J connectivity index is 2.23. The van der Waals surface area contributed by atoms with Gasteiger partial charge in [0.25, 0.3) is 0 Å². The molecule has 1 N–H and O–H groups in total. The van der Waals surface area contributed by atoms with Crippen LogP contribution in [0, 0.1) is 13.8 Å². The van der Waals surface area contributed by atoms with Crippen molar-refractivity contribution in [3.8, 4) is 0 Å². The lowest BCUT2D eigenvalue weighted by molar-refractivity contribution is 0.590. The molecule has 0 spiro atoms. The lowest BCUT2D eigenvalue weighted by atomic mass is 9.97. The van der Waals surface area contributed by atoms with Crippen molar-refractivity contribution >= 4 is 0 Å². The van der Waals surface area contributed by atoms with Gasteiger partial charge in [-0.2, -0.15) is 0 Å². The van der Waals surface area contributed by atoms with E-state index in [0.29, 0.717) is 6.04 Å². The number of rotatable bonds is 4. The van der Waals surface area contributed by atoms with E-state index in [1.165, 1.54) is 22.3 Å². The van der Waals surface area contributed by atoms with Crippen molar-refractivity contribution in [2.45, 2.75) is 26.3 Å². The number of hydrogen-bond acceptors (Lipinski definition) is 2. The Labute approximate surface area is 109 Å². The van der Waals surface area contributed by atoms with Crippen LogP contribution in [0.1, 0.15) is 28.3 Å². The average molecular weight is 240 g/mol. The summed E-state index contributed by atoms with van der Waals surface area (Å²) in [5, 5.41) is 3.39. The molecule has 1 unspecified atom stereocenters. The van der Waals surface area contributed by atoms with Crippen LogP contribution in [-0.2, 0) is 6.42 Å². The maximum absolute atomic E-state index is 4.17. The molecule has 0 amide bonds. The smallest absolute Gasteiger partial charge is 0.0359 e. The van der Waals surface area contributed by atoms with Gasteiger partial charge >= 0.3 is 0 Å². The van der Waals surface area contributed by atoms with Crippen molar-refractivity contribution in [1.82, 2.24) is 10.3 Å². The Kier molecular flexibility index (Phi) is 4.11. The third-order valence-corrected chi connectivity index (χ3v) is 3.16. The standard InChI is InChI=1S/C16H20N2/c1-12-7-13(2)9-15(8-12)16(17-3)10-14-5-4-6-18-11-14/h4-9,11,16-17H,10H2,1-3H3. The minimum Gasteiger partial charge on any atom is -0.313 e.